The maximum absolute atomic E-state index is 5.87. The van der Waals surface area contributed by atoms with E-state index < -0.39 is 3.79 Å². The standard InChI is InChI=1S/C13H12Cl3N3S/c14-13(15,16)9-3-1-8(2-4-9)11-10(7-17)19-5-6-20-12(19)18-11/h1-4H,5-7,17H2. The molecule has 1 aliphatic rings. The third-order valence-electron chi connectivity index (χ3n) is 3.26. The molecule has 0 bridgehead atoms. The molecule has 7 heteroatoms. The molecule has 2 N–H and O–H groups in total. The van der Waals surface area contributed by atoms with Crippen LogP contribution in [-0.4, -0.2) is 15.3 Å². The van der Waals surface area contributed by atoms with E-state index >= 15 is 0 Å². The van der Waals surface area contributed by atoms with Crippen LogP contribution in [0.2, 0.25) is 0 Å². The first-order chi connectivity index (χ1) is 9.50. The van der Waals surface area contributed by atoms with Crippen LogP contribution in [-0.2, 0) is 16.9 Å². The predicted molar refractivity (Wildman–Crippen MR) is 85.5 cm³/mol. The van der Waals surface area contributed by atoms with Gasteiger partial charge in [0.15, 0.2) is 5.16 Å². The first kappa shape index (κ1) is 14.5. The second-order valence-electron chi connectivity index (χ2n) is 4.47. The third kappa shape index (κ3) is 2.55. The Morgan fingerprint density at radius 3 is 2.55 bits per heavy atom. The number of rotatable bonds is 2. The van der Waals surface area contributed by atoms with Gasteiger partial charge in [0, 0.05) is 30.0 Å². The molecule has 3 rings (SSSR count). The fourth-order valence-electron chi connectivity index (χ4n) is 2.29. The summed E-state index contributed by atoms with van der Waals surface area (Å²) in [5.41, 5.74) is 9.49. The summed E-state index contributed by atoms with van der Waals surface area (Å²) in [6, 6.07) is 7.44. The molecule has 2 heterocycles. The molecule has 3 nitrogen and oxygen atoms in total. The quantitative estimate of drug-likeness (QED) is 0.836. The van der Waals surface area contributed by atoms with Crippen molar-refractivity contribution >= 4 is 46.6 Å². The van der Waals surface area contributed by atoms with Crippen molar-refractivity contribution in [1.29, 1.82) is 0 Å². The zero-order chi connectivity index (χ0) is 14.3. The molecular formula is C13H12Cl3N3S. The van der Waals surface area contributed by atoms with Gasteiger partial charge >= 0.3 is 0 Å². The number of thioether (sulfide) groups is 1. The molecule has 106 valence electrons. The van der Waals surface area contributed by atoms with E-state index in [1.165, 1.54) is 0 Å². The third-order valence-corrected chi connectivity index (χ3v) is 4.87. The van der Waals surface area contributed by atoms with Gasteiger partial charge in [-0.3, -0.25) is 0 Å². The Morgan fingerprint density at radius 2 is 1.95 bits per heavy atom. The van der Waals surface area contributed by atoms with Crippen molar-refractivity contribution in [2.24, 2.45) is 5.73 Å². The molecule has 20 heavy (non-hydrogen) atoms. The van der Waals surface area contributed by atoms with Crippen molar-refractivity contribution in [2.45, 2.75) is 22.0 Å². The van der Waals surface area contributed by atoms with Gasteiger partial charge in [-0.2, -0.15) is 0 Å². The fraction of sp³-hybridized carbons (Fsp3) is 0.308. The number of halogens is 3. The summed E-state index contributed by atoms with van der Waals surface area (Å²) in [4.78, 5) is 4.67. The van der Waals surface area contributed by atoms with E-state index in [4.69, 9.17) is 40.5 Å². The highest BCUT2D eigenvalue weighted by Crippen LogP contribution is 2.39. The van der Waals surface area contributed by atoms with Gasteiger partial charge in [-0.25, -0.2) is 4.98 Å². The zero-order valence-electron chi connectivity index (χ0n) is 10.4. The fourth-order valence-corrected chi connectivity index (χ4v) is 3.64. The average Bonchev–Trinajstić information content (AvgIpc) is 2.97. The molecule has 0 unspecified atom stereocenters. The lowest BCUT2D eigenvalue weighted by Crippen LogP contribution is -2.07. The minimum absolute atomic E-state index is 0.467. The highest BCUT2D eigenvalue weighted by Gasteiger charge is 2.24. The lowest BCUT2D eigenvalue weighted by Gasteiger charge is -2.11. The van der Waals surface area contributed by atoms with Crippen LogP contribution in [0.3, 0.4) is 0 Å². The topological polar surface area (TPSA) is 43.8 Å². The summed E-state index contributed by atoms with van der Waals surface area (Å²) < 4.78 is 0.782. The summed E-state index contributed by atoms with van der Waals surface area (Å²) in [5, 5.41) is 1.03. The van der Waals surface area contributed by atoms with Crippen LogP contribution in [0.1, 0.15) is 11.3 Å². The summed E-state index contributed by atoms with van der Waals surface area (Å²) in [6.45, 7) is 1.43. The Morgan fingerprint density at radius 1 is 1.25 bits per heavy atom. The number of nitrogens with two attached hydrogens (primary N) is 1. The maximum Gasteiger partial charge on any atom is 0.216 e. The minimum atomic E-state index is -1.40. The van der Waals surface area contributed by atoms with Crippen molar-refractivity contribution in [3.05, 3.63) is 35.5 Å². The van der Waals surface area contributed by atoms with Gasteiger partial charge in [-0.05, 0) is 0 Å². The monoisotopic (exact) mass is 347 g/mol. The molecule has 0 radical (unpaired) electrons. The van der Waals surface area contributed by atoms with Gasteiger partial charge in [-0.1, -0.05) is 70.8 Å². The number of aromatic nitrogens is 2. The number of hydrogen-bond donors (Lipinski definition) is 1. The van der Waals surface area contributed by atoms with Crippen LogP contribution < -0.4 is 5.73 Å². The van der Waals surface area contributed by atoms with E-state index in [9.17, 15) is 0 Å². The molecule has 0 aliphatic carbocycles. The van der Waals surface area contributed by atoms with E-state index in [0.29, 0.717) is 12.1 Å². The summed E-state index contributed by atoms with van der Waals surface area (Å²) in [6.07, 6.45) is 0. The van der Waals surface area contributed by atoms with Gasteiger partial charge in [0.2, 0.25) is 3.79 Å². The molecular weight excluding hydrogens is 337 g/mol. The number of hydrogen-bond acceptors (Lipinski definition) is 3. The van der Waals surface area contributed by atoms with Gasteiger partial charge in [0.25, 0.3) is 0 Å². The van der Waals surface area contributed by atoms with E-state index in [1.807, 2.05) is 12.1 Å². The number of alkyl halides is 3. The Labute approximate surface area is 136 Å². The van der Waals surface area contributed by atoms with Crippen molar-refractivity contribution < 1.29 is 0 Å². The van der Waals surface area contributed by atoms with Crippen LogP contribution >= 0.6 is 46.6 Å². The summed E-state index contributed by atoms with van der Waals surface area (Å²) in [5.74, 6) is 1.06. The van der Waals surface area contributed by atoms with E-state index in [0.717, 1.165) is 34.4 Å². The van der Waals surface area contributed by atoms with Gasteiger partial charge in [0.05, 0.1) is 11.4 Å². The van der Waals surface area contributed by atoms with Crippen molar-refractivity contribution in [3.8, 4) is 11.3 Å². The predicted octanol–water partition coefficient (Wildman–Crippen LogP) is 3.94. The van der Waals surface area contributed by atoms with Crippen LogP contribution in [0.4, 0.5) is 0 Å². The van der Waals surface area contributed by atoms with Gasteiger partial charge < -0.3 is 10.3 Å². The Hall–Kier alpha value is -0.390. The average molecular weight is 349 g/mol. The number of imidazole rings is 1. The number of nitrogens with zero attached hydrogens (tertiary/aromatic N) is 2. The van der Waals surface area contributed by atoms with Crippen molar-refractivity contribution in [1.82, 2.24) is 9.55 Å². The van der Waals surface area contributed by atoms with Crippen LogP contribution in [0.15, 0.2) is 29.4 Å². The van der Waals surface area contributed by atoms with Gasteiger partial charge in [-0.15, -0.1) is 0 Å². The van der Waals surface area contributed by atoms with Crippen LogP contribution in [0.5, 0.6) is 0 Å². The Kier molecular flexibility index (Phi) is 3.95. The smallest absolute Gasteiger partial charge is 0.216 e. The highest BCUT2D eigenvalue weighted by atomic mass is 35.6. The maximum atomic E-state index is 5.87. The molecule has 1 aromatic heterocycles. The van der Waals surface area contributed by atoms with E-state index in [1.54, 1.807) is 23.9 Å². The Balaban J connectivity index is 2.02. The van der Waals surface area contributed by atoms with Crippen molar-refractivity contribution in [2.75, 3.05) is 5.75 Å². The highest BCUT2D eigenvalue weighted by molar-refractivity contribution is 7.99. The number of benzene rings is 1. The zero-order valence-corrected chi connectivity index (χ0v) is 13.5. The number of fused-ring (bicyclic) bond motifs is 1. The molecule has 0 fully saturated rings. The largest absolute Gasteiger partial charge is 0.325 e. The van der Waals surface area contributed by atoms with Crippen LogP contribution in [0, 0.1) is 0 Å². The molecule has 0 spiro atoms. The minimum Gasteiger partial charge on any atom is -0.325 e. The molecule has 0 saturated heterocycles. The molecule has 0 atom stereocenters. The second-order valence-corrected chi connectivity index (χ2v) is 7.81. The summed E-state index contributed by atoms with van der Waals surface area (Å²) >= 11 is 19.3. The molecule has 1 aromatic carbocycles. The lowest BCUT2D eigenvalue weighted by atomic mass is 10.1. The lowest BCUT2D eigenvalue weighted by molar-refractivity contribution is 0.678. The molecule has 0 amide bonds. The molecule has 0 saturated carbocycles. The summed E-state index contributed by atoms with van der Waals surface area (Å²) in [7, 11) is 0. The Bertz CT molecular complexity index is 632. The van der Waals surface area contributed by atoms with Gasteiger partial charge in [0.1, 0.15) is 0 Å². The second kappa shape index (κ2) is 5.43. The SMILES string of the molecule is NCc1c(-c2ccc(C(Cl)(Cl)Cl)cc2)nc2n1CCS2. The molecule has 2 aromatic rings. The first-order valence-corrected chi connectivity index (χ1v) is 8.22. The normalized spacial score (nSPS) is 14.6. The first-order valence-electron chi connectivity index (χ1n) is 6.10. The van der Waals surface area contributed by atoms with Crippen molar-refractivity contribution in [3.63, 3.8) is 0 Å². The van der Waals surface area contributed by atoms with Crippen LogP contribution in [0.25, 0.3) is 11.3 Å². The van der Waals surface area contributed by atoms with E-state index in [2.05, 4.69) is 9.55 Å². The molecule has 1 aliphatic heterocycles. The van der Waals surface area contributed by atoms with E-state index in [-0.39, 0.29) is 0 Å².